The number of rotatable bonds is 11. The van der Waals surface area contributed by atoms with Crippen molar-refractivity contribution in [3.8, 4) is 0 Å². The number of allylic oxidation sites excluding steroid dienone is 1. The molecule has 15 heteroatoms. The molecular weight excluding hydrogens is 583 g/mol. The standard InChI is InChI=1S/C26H27ClF3N7O3S/c1-2-40-26(39)34-12-15-4-6-20(38)37(15)13-19-21(18(31)7-8-33-25(29)30)22(16-5-3-14(28)11-17(16)27)36-23(35-19)24-32-9-10-41-24/h3,5,7-11,15,22,25,31,33H,2,4,6,12-13H2,1H3,(H,34,39)(H,35,36)/b8-7-,31-18?/t15-,22+/m1/s1. The van der Waals surface area contributed by atoms with Crippen molar-refractivity contribution in [1.82, 2.24) is 25.8 Å². The fourth-order valence-electron chi connectivity index (χ4n) is 4.50. The van der Waals surface area contributed by atoms with Crippen molar-refractivity contribution < 1.29 is 27.5 Å². The van der Waals surface area contributed by atoms with Gasteiger partial charge in [0.2, 0.25) is 5.91 Å². The van der Waals surface area contributed by atoms with Crippen molar-refractivity contribution in [2.75, 3.05) is 19.7 Å². The third-order valence-electron chi connectivity index (χ3n) is 6.32. The summed E-state index contributed by atoms with van der Waals surface area (Å²) in [4.78, 5) is 35.5. The average Bonchev–Trinajstić information content (AvgIpc) is 3.58. The number of ether oxygens (including phenoxy) is 1. The highest BCUT2D eigenvalue weighted by Crippen LogP contribution is 2.37. The lowest BCUT2D eigenvalue weighted by Gasteiger charge is -2.32. The molecule has 1 saturated heterocycles. The summed E-state index contributed by atoms with van der Waals surface area (Å²) in [5.74, 6) is -0.414. The van der Waals surface area contributed by atoms with E-state index in [1.54, 1.807) is 23.4 Å². The third-order valence-corrected chi connectivity index (χ3v) is 7.43. The van der Waals surface area contributed by atoms with E-state index in [0.717, 1.165) is 18.3 Å². The van der Waals surface area contributed by atoms with Crippen LogP contribution < -0.4 is 16.0 Å². The van der Waals surface area contributed by atoms with E-state index in [9.17, 15) is 22.8 Å². The zero-order valence-electron chi connectivity index (χ0n) is 21.8. The van der Waals surface area contributed by atoms with Gasteiger partial charge in [0.25, 0.3) is 0 Å². The van der Waals surface area contributed by atoms with Gasteiger partial charge in [-0.1, -0.05) is 17.7 Å². The molecule has 4 rings (SSSR count). The predicted molar refractivity (Wildman–Crippen MR) is 149 cm³/mol. The Labute approximate surface area is 242 Å². The van der Waals surface area contributed by atoms with E-state index < -0.39 is 24.5 Å². The Balaban J connectivity index is 1.77. The topological polar surface area (TPSA) is 132 Å². The van der Waals surface area contributed by atoms with Gasteiger partial charge in [-0.15, -0.1) is 11.3 Å². The van der Waals surface area contributed by atoms with Gasteiger partial charge in [-0.25, -0.2) is 14.2 Å². The molecule has 2 aliphatic rings. The number of aromatic nitrogens is 1. The summed E-state index contributed by atoms with van der Waals surface area (Å²) >= 11 is 7.73. The number of alkyl halides is 2. The van der Waals surface area contributed by atoms with Crippen molar-refractivity contribution in [1.29, 1.82) is 5.41 Å². The van der Waals surface area contributed by atoms with E-state index in [4.69, 9.17) is 26.7 Å². The third kappa shape index (κ3) is 7.44. The number of carbonyl (C=O) groups excluding carboxylic acids is 2. The fraction of sp³-hybridized carbons (Fsp3) is 0.346. The van der Waals surface area contributed by atoms with E-state index in [2.05, 4.69) is 15.6 Å². The van der Waals surface area contributed by atoms with Crippen molar-refractivity contribution in [2.24, 2.45) is 4.99 Å². The van der Waals surface area contributed by atoms with Gasteiger partial charge in [0.1, 0.15) is 11.9 Å². The summed E-state index contributed by atoms with van der Waals surface area (Å²) in [6, 6.07) is 2.43. The van der Waals surface area contributed by atoms with Crippen LogP contribution in [0.5, 0.6) is 0 Å². The number of amides is 2. The van der Waals surface area contributed by atoms with E-state index in [1.807, 2.05) is 5.32 Å². The minimum Gasteiger partial charge on any atom is -0.450 e. The molecular formula is C26H27ClF3N7O3S. The Hall–Kier alpha value is -3.91. The maximum atomic E-state index is 14.0. The number of alkyl carbamates (subject to hydrolysis) is 1. The van der Waals surface area contributed by atoms with Crippen LogP contribution in [0.25, 0.3) is 0 Å². The van der Waals surface area contributed by atoms with Crippen LogP contribution in [0.1, 0.15) is 36.4 Å². The predicted octanol–water partition coefficient (Wildman–Crippen LogP) is 4.36. The molecule has 0 unspecified atom stereocenters. The average molecular weight is 610 g/mol. The van der Waals surface area contributed by atoms with Crippen LogP contribution in [0.4, 0.5) is 18.0 Å². The molecule has 2 amide bonds. The van der Waals surface area contributed by atoms with Crippen LogP contribution in [-0.2, 0) is 9.53 Å². The molecule has 2 aromatic rings. The number of likely N-dealkylation sites (tertiary alicyclic amines) is 1. The Morgan fingerprint density at radius 3 is 2.90 bits per heavy atom. The van der Waals surface area contributed by atoms with E-state index in [1.165, 1.54) is 23.5 Å². The number of hydrogen-bond acceptors (Lipinski definition) is 9. The smallest absolute Gasteiger partial charge is 0.407 e. The van der Waals surface area contributed by atoms with Gasteiger partial charge in [-0.05, 0) is 31.6 Å². The number of aliphatic imine (C=N–C) groups is 1. The highest BCUT2D eigenvalue weighted by Gasteiger charge is 2.36. The lowest BCUT2D eigenvalue weighted by atomic mass is 9.91. The van der Waals surface area contributed by atoms with Gasteiger partial charge in [0, 0.05) is 52.6 Å². The fourth-order valence-corrected chi connectivity index (χ4v) is 5.36. The number of nitrogens with one attached hydrogen (secondary N) is 4. The molecule has 0 radical (unpaired) electrons. The molecule has 0 bridgehead atoms. The first-order valence-electron chi connectivity index (χ1n) is 12.6. The molecule has 3 heterocycles. The van der Waals surface area contributed by atoms with Crippen molar-refractivity contribution in [2.45, 2.75) is 38.4 Å². The molecule has 2 aliphatic heterocycles. The first kappa shape index (κ1) is 30.1. The highest BCUT2D eigenvalue weighted by molar-refractivity contribution is 7.11. The minimum atomic E-state index is -2.84. The first-order chi connectivity index (χ1) is 19.7. The lowest BCUT2D eigenvalue weighted by molar-refractivity contribution is -0.128. The van der Waals surface area contributed by atoms with Gasteiger partial charge < -0.3 is 31.0 Å². The van der Waals surface area contributed by atoms with Gasteiger partial charge in [0.15, 0.2) is 10.8 Å². The second-order valence-corrected chi connectivity index (χ2v) is 10.2. The molecule has 1 fully saturated rings. The summed E-state index contributed by atoms with van der Waals surface area (Å²) in [5, 5.41) is 18.8. The first-order valence-corrected chi connectivity index (χ1v) is 13.9. The van der Waals surface area contributed by atoms with Crippen LogP contribution >= 0.6 is 22.9 Å². The Kier molecular flexibility index (Phi) is 10.00. The molecule has 1 aromatic carbocycles. The van der Waals surface area contributed by atoms with Crippen LogP contribution in [0.3, 0.4) is 0 Å². The normalized spacial score (nSPS) is 19.0. The van der Waals surface area contributed by atoms with Gasteiger partial charge in [-0.2, -0.15) is 8.78 Å². The lowest BCUT2D eigenvalue weighted by Crippen LogP contribution is -2.46. The molecule has 10 nitrogen and oxygen atoms in total. The highest BCUT2D eigenvalue weighted by atomic mass is 35.5. The van der Waals surface area contributed by atoms with Crippen LogP contribution in [-0.4, -0.2) is 65.7 Å². The largest absolute Gasteiger partial charge is 0.450 e. The molecule has 0 spiro atoms. The molecule has 0 aliphatic carbocycles. The maximum Gasteiger partial charge on any atom is 0.407 e. The SMILES string of the molecule is CCOC(=O)NC[C@H]1CCC(=O)N1CC1=C(C(=N)/C=C\NC(F)F)[C@H](c2ccc(F)cc2Cl)N=C(c2nccs2)N1. The molecule has 218 valence electrons. The summed E-state index contributed by atoms with van der Waals surface area (Å²) in [7, 11) is 0. The summed E-state index contributed by atoms with van der Waals surface area (Å²) < 4.78 is 44.4. The number of hydrogen-bond donors (Lipinski definition) is 4. The Bertz CT molecular complexity index is 1380. The summed E-state index contributed by atoms with van der Waals surface area (Å²) in [6.45, 7) is -0.852. The maximum absolute atomic E-state index is 14.0. The molecule has 4 N–H and O–H groups in total. The van der Waals surface area contributed by atoms with Gasteiger partial charge in [0.05, 0.1) is 24.9 Å². The summed E-state index contributed by atoms with van der Waals surface area (Å²) in [5.41, 5.74) is 0.784. The quantitative estimate of drug-likeness (QED) is 0.221. The van der Waals surface area contributed by atoms with Crippen molar-refractivity contribution in [3.05, 3.63) is 74.7 Å². The molecule has 2 atom stereocenters. The Morgan fingerprint density at radius 2 is 2.22 bits per heavy atom. The van der Waals surface area contributed by atoms with Crippen molar-refractivity contribution in [3.63, 3.8) is 0 Å². The second kappa shape index (κ2) is 13.6. The molecule has 1 aromatic heterocycles. The minimum absolute atomic E-state index is 0.0262. The van der Waals surface area contributed by atoms with Gasteiger partial charge in [-0.3, -0.25) is 9.79 Å². The molecule has 0 saturated carbocycles. The number of amidine groups is 1. The van der Waals surface area contributed by atoms with Crippen molar-refractivity contribution >= 4 is 46.5 Å². The van der Waals surface area contributed by atoms with E-state index >= 15 is 0 Å². The van der Waals surface area contributed by atoms with E-state index in [-0.39, 0.29) is 54.4 Å². The monoisotopic (exact) mass is 609 g/mol. The zero-order chi connectivity index (χ0) is 29.5. The number of thiazole rings is 1. The number of halogens is 4. The second-order valence-electron chi connectivity index (χ2n) is 8.93. The Morgan fingerprint density at radius 1 is 1.41 bits per heavy atom. The van der Waals surface area contributed by atoms with Crippen LogP contribution in [0.2, 0.25) is 5.02 Å². The van der Waals surface area contributed by atoms with Crippen LogP contribution in [0, 0.1) is 11.2 Å². The van der Waals surface area contributed by atoms with Gasteiger partial charge >= 0.3 is 12.6 Å². The number of benzene rings is 1. The van der Waals surface area contributed by atoms with E-state index in [0.29, 0.717) is 28.5 Å². The molecule has 41 heavy (non-hydrogen) atoms. The number of carbonyl (C=O) groups is 2. The zero-order valence-corrected chi connectivity index (χ0v) is 23.4. The number of nitrogens with zero attached hydrogens (tertiary/aromatic N) is 3. The summed E-state index contributed by atoms with van der Waals surface area (Å²) in [6.07, 6.45) is 3.78. The van der Waals surface area contributed by atoms with Crippen LogP contribution in [0.15, 0.2) is 58.3 Å².